The predicted octanol–water partition coefficient (Wildman–Crippen LogP) is 13.3. The van der Waals surface area contributed by atoms with Crippen molar-refractivity contribution >= 4 is 5.69 Å². The van der Waals surface area contributed by atoms with Crippen LogP contribution >= 0.6 is 0 Å². The van der Waals surface area contributed by atoms with Crippen LogP contribution in [0.25, 0.3) is 0 Å². The maximum atomic E-state index is 4.67. The van der Waals surface area contributed by atoms with Gasteiger partial charge in [0.15, 0.2) is 0 Å². The van der Waals surface area contributed by atoms with Crippen LogP contribution in [0.2, 0.25) is 0 Å². The molecule has 1 aromatic rings. The molecule has 0 saturated heterocycles. The molecule has 2 heteroatoms. The number of nitrogens with one attached hydrogen (secondary N) is 1. The van der Waals surface area contributed by atoms with Crippen molar-refractivity contribution in [3.05, 3.63) is 35.8 Å². The highest BCUT2D eigenvalue weighted by atomic mass is 14.9. The first-order valence-corrected chi connectivity index (χ1v) is 18.1. The Morgan fingerprint density at radius 1 is 0.854 bits per heavy atom. The number of allylic oxidation sites excluding steroid dienone is 1. The van der Waals surface area contributed by atoms with E-state index in [2.05, 4.69) is 77.5 Å². The molecule has 0 spiro atoms. The Morgan fingerprint density at radius 2 is 1.49 bits per heavy atom. The zero-order valence-electron chi connectivity index (χ0n) is 30.3. The Labute approximate surface area is 259 Å². The van der Waals surface area contributed by atoms with Crippen LogP contribution in [0.1, 0.15) is 171 Å². The van der Waals surface area contributed by atoms with Gasteiger partial charge in [-0.25, -0.2) is 0 Å². The number of rotatable bonds is 4. The number of aromatic nitrogens is 1. The van der Waals surface area contributed by atoms with Crippen LogP contribution in [0.4, 0.5) is 5.69 Å². The van der Waals surface area contributed by atoms with E-state index in [4.69, 9.17) is 0 Å². The lowest BCUT2D eigenvalue weighted by atomic mass is 9.60. The van der Waals surface area contributed by atoms with Gasteiger partial charge in [0.2, 0.25) is 0 Å². The monoisotopic (exact) mass is 571 g/mol. The molecule has 6 atom stereocenters. The number of hydrogen-bond donors (Lipinski definition) is 1. The topological polar surface area (TPSA) is 24.9 Å². The quantitative estimate of drug-likeness (QED) is 0.389. The zero-order valence-corrected chi connectivity index (χ0v) is 30.3. The second-order valence-electron chi connectivity index (χ2n) is 13.0. The minimum absolute atomic E-state index is 0.384. The van der Waals surface area contributed by atoms with Gasteiger partial charge in [0.1, 0.15) is 0 Å². The lowest BCUT2D eigenvalue weighted by molar-refractivity contribution is 0.0566. The summed E-state index contributed by atoms with van der Waals surface area (Å²) in [5.74, 6) is 3.32. The summed E-state index contributed by atoms with van der Waals surface area (Å²) in [5.41, 5.74) is 5.50. The highest BCUT2D eigenvalue weighted by Crippen LogP contribution is 2.59. The number of aryl methyl sites for hydroxylation is 2. The van der Waals surface area contributed by atoms with Crippen molar-refractivity contribution in [1.29, 1.82) is 0 Å². The van der Waals surface area contributed by atoms with E-state index in [-0.39, 0.29) is 0 Å². The van der Waals surface area contributed by atoms with Gasteiger partial charge >= 0.3 is 0 Å². The van der Waals surface area contributed by atoms with E-state index in [1.165, 1.54) is 89.2 Å². The van der Waals surface area contributed by atoms with Crippen molar-refractivity contribution in [1.82, 2.24) is 4.98 Å². The molecule has 240 valence electrons. The molecule has 3 aliphatic rings. The first-order chi connectivity index (χ1) is 19.7. The van der Waals surface area contributed by atoms with Crippen LogP contribution in [-0.4, -0.2) is 4.98 Å². The van der Waals surface area contributed by atoms with Gasteiger partial charge in [-0.2, -0.15) is 0 Å². The van der Waals surface area contributed by atoms with Crippen molar-refractivity contribution in [2.75, 3.05) is 5.32 Å². The van der Waals surface area contributed by atoms with Gasteiger partial charge in [0, 0.05) is 17.3 Å². The third-order valence-electron chi connectivity index (χ3n) is 10.2. The first kappa shape index (κ1) is 39.7. The smallest absolute Gasteiger partial charge is 0.0610 e. The van der Waals surface area contributed by atoms with E-state index >= 15 is 0 Å². The fraction of sp³-hybridized carbons (Fsp3) is 0.821. The van der Waals surface area contributed by atoms with Gasteiger partial charge in [-0.1, -0.05) is 121 Å². The second kappa shape index (κ2) is 20.6. The number of anilines is 1. The van der Waals surface area contributed by atoms with E-state index in [1.807, 2.05) is 41.5 Å². The first-order valence-electron chi connectivity index (χ1n) is 18.1. The standard InChI is InChI=1S/C30H48N2.C3H8.3C2H6/c1-7-29(5)19-17-25-13-12-24(20-29)10-8-9-18-30(6)26(14-15-27(25)30)22(3)32-28-16-11-21(2)31-23(28)4;1-3-2;3*1-2/h11,16,24-27,32H,3,7-10,12-15,17-20H2,1-2,4-6H3;3H2,1-2H3;3*1-2H3/t24?,25?,26?,27-,29-,30?;;;;/m0..../s1. The molecule has 2 nitrogen and oxygen atoms in total. The minimum Gasteiger partial charge on any atom is -0.358 e. The van der Waals surface area contributed by atoms with Gasteiger partial charge in [0.05, 0.1) is 11.4 Å². The molecule has 0 amide bonds. The van der Waals surface area contributed by atoms with Gasteiger partial charge < -0.3 is 5.32 Å². The zero-order chi connectivity index (χ0) is 31.6. The summed E-state index contributed by atoms with van der Waals surface area (Å²) in [6.45, 7) is 32.7. The van der Waals surface area contributed by atoms with Crippen LogP contribution in [0, 0.1) is 48.3 Å². The summed E-state index contributed by atoms with van der Waals surface area (Å²) in [4.78, 5) is 4.67. The van der Waals surface area contributed by atoms with Gasteiger partial charge in [-0.15, -0.1) is 0 Å². The number of pyridine rings is 1. The Balaban J connectivity index is 0.00000161. The number of fused-ring (bicyclic) bond motifs is 5. The molecule has 3 fully saturated rings. The highest BCUT2D eigenvalue weighted by molar-refractivity contribution is 5.52. The summed E-state index contributed by atoms with van der Waals surface area (Å²) in [7, 11) is 0. The van der Waals surface area contributed by atoms with Crippen molar-refractivity contribution in [3.63, 3.8) is 0 Å². The molecule has 1 N–H and O–H groups in total. The van der Waals surface area contributed by atoms with Crippen molar-refractivity contribution < 1.29 is 0 Å². The molecule has 4 rings (SSSR count). The molecular weight excluding hydrogens is 496 g/mol. The number of nitrogens with zero attached hydrogens (tertiary/aromatic N) is 1. The molecule has 41 heavy (non-hydrogen) atoms. The summed E-state index contributed by atoms with van der Waals surface area (Å²) in [5, 5.41) is 3.73. The molecular formula is C39H74N2. The maximum absolute atomic E-state index is 4.67. The SMILES string of the molecule is C=C(Nc1ccc(C)nc1C)C1CC[C@H]2C3CCC(CCCCC12C)C[C@@](C)(CC)CC3.CC.CC.CC.CCC. The molecule has 1 heterocycles. The third kappa shape index (κ3) is 11.4. The molecule has 4 unspecified atom stereocenters. The van der Waals surface area contributed by atoms with Crippen LogP contribution in [0.3, 0.4) is 0 Å². The minimum atomic E-state index is 0.384. The van der Waals surface area contributed by atoms with Gasteiger partial charge in [-0.05, 0) is 99.5 Å². The van der Waals surface area contributed by atoms with Crippen LogP contribution < -0.4 is 5.32 Å². The highest BCUT2D eigenvalue weighted by Gasteiger charge is 2.50. The maximum Gasteiger partial charge on any atom is 0.0610 e. The van der Waals surface area contributed by atoms with Crippen LogP contribution in [0.5, 0.6) is 0 Å². The Morgan fingerprint density at radius 3 is 2.07 bits per heavy atom. The van der Waals surface area contributed by atoms with E-state index < -0.39 is 0 Å². The lowest BCUT2D eigenvalue weighted by Gasteiger charge is -2.46. The molecule has 0 aliphatic heterocycles. The summed E-state index contributed by atoms with van der Waals surface area (Å²) in [6.07, 6.45) is 18.3. The van der Waals surface area contributed by atoms with E-state index in [1.54, 1.807) is 0 Å². The second-order valence-corrected chi connectivity index (χ2v) is 13.0. The van der Waals surface area contributed by atoms with Crippen molar-refractivity contribution in [3.8, 4) is 0 Å². The lowest BCUT2D eigenvalue weighted by Crippen LogP contribution is -2.37. The molecule has 0 radical (unpaired) electrons. The van der Waals surface area contributed by atoms with Crippen molar-refractivity contribution in [2.45, 2.75) is 173 Å². The Bertz CT molecular complexity index is 829. The fourth-order valence-corrected chi connectivity index (χ4v) is 7.99. The Hall–Kier alpha value is -1.31. The number of hydrogen-bond acceptors (Lipinski definition) is 2. The molecule has 1 aromatic heterocycles. The molecule has 0 aromatic carbocycles. The van der Waals surface area contributed by atoms with E-state index in [9.17, 15) is 0 Å². The van der Waals surface area contributed by atoms with E-state index in [0.29, 0.717) is 16.7 Å². The third-order valence-corrected chi connectivity index (χ3v) is 10.2. The molecule has 3 saturated carbocycles. The largest absolute Gasteiger partial charge is 0.358 e. The van der Waals surface area contributed by atoms with Crippen LogP contribution in [-0.2, 0) is 0 Å². The normalized spacial score (nSPS) is 30.5. The van der Waals surface area contributed by atoms with Crippen LogP contribution in [0.15, 0.2) is 24.4 Å². The summed E-state index contributed by atoms with van der Waals surface area (Å²) < 4.78 is 0. The molecule has 2 bridgehead atoms. The average Bonchev–Trinajstić information content (AvgIpc) is 3.31. The average molecular weight is 571 g/mol. The predicted molar refractivity (Wildman–Crippen MR) is 188 cm³/mol. The molecule has 3 aliphatic carbocycles. The van der Waals surface area contributed by atoms with Gasteiger partial charge in [0.25, 0.3) is 0 Å². The summed E-state index contributed by atoms with van der Waals surface area (Å²) in [6, 6.07) is 4.30. The fourth-order valence-electron chi connectivity index (χ4n) is 7.99. The van der Waals surface area contributed by atoms with Gasteiger partial charge in [-0.3, -0.25) is 4.98 Å². The summed E-state index contributed by atoms with van der Waals surface area (Å²) >= 11 is 0. The van der Waals surface area contributed by atoms with E-state index in [0.717, 1.165) is 34.8 Å². The van der Waals surface area contributed by atoms with Crippen molar-refractivity contribution in [2.24, 2.45) is 34.5 Å². The Kier molecular flexibility index (Phi) is 19.9.